The van der Waals surface area contributed by atoms with Gasteiger partial charge in [-0.3, -0.25) is 9.58 Å². The average Bonchev–Trinajstić information content (AvgIpc) is 3.35. The number of aromatic nitrogens is 4. The maximum Gasteiger partial charge on any atom is 0.0668 e. The molecule has 1 saturated heterocycles. The number of aliphatic hydroxyl groups excluding tert-OH is 1. The fourth-order valence-electron chi connectivity index (χ4n) is 3.70. The SMILES string of the molecule is OCCn1ccc([C@@H]2CCCN(Cc3ccc(-n4cccn4)cc3)C2)n1. The zero-order valence-electron chi connectivity index (χ0n) is 14.9. The molecule has 0 amide bonds. The summed E-state index contributed by atoms with van der Waals surface area (Å²) in [6.45, 7) is 3.84. The first kappa shape index (κ1) is 17.0. The predicted octanol–water partition coefficient (Wildman–Crippen LogP) is 2.44. The number of hydrogen-bond acceptors (Lipinski definition) is 4. The van der Waals surface area contributed by atoms with Gasteiger partial charge in [0.05, 0.1) is 24.5 Å². The van der Waals surface area contributed by atoms with Crippen LogP contribution in [-0.4, -0.2) is 49.3 Å². The molecule has 1 aliphatic rings. The summed E-state index contributed by atoms with van der Waals surface area (Å²) in [6, 6.07) is 12.7. The molecular weight excluding hydrogens is 326 g/mol. The van der Waals surface area contributed by atoms with Gasteiger partial charge >= 0.3 is 0 Å². The van der Waals surface area contributed by atoms with Crippen molar-refractivity contribution in [2.24, 2.45) is 0 Å². The minimum absolute atomic E-state index is 0.131. The molecule has 3 heterocycles. The Hall–Kier alpha value is -2.44. The van der Waals surface area contributed by atoms with E-state index in [2.05, 4.69) is 45.4 Å². The van der Waals surface area contributed by atoms with Gasteiger partial charge < -0.3 is 5.11 Å². The molecule has 0 radical (unpaired) electrons. The fourth-order valence-corrected chi connectivity index (χ4v) is 3.70. The minimum atomic E-state index is 0.131. The molecule has 26 heavy (non-hydrogen) atoms. The van der Waals surface area contributed by atoms with Gasteiger partial charge in [0.2, 0.25) is 0 Å². The maximum atomic E-state index is 9.05. The molecule has 6 heteroatoms. The van der Waals surface area contributed by atoms with Crippen LogP contribution in [0.2, 0.25) is 0 Å². The largest absolute Gasteiger partial charge is 0.394 e. The summed E-state index contributed by atoms with van der Waals surface area (Å²) in [6.07, 6.45) is 8.11. The first-order valence-corrected chi connectivity index (χ1v) is 9.27. The lowest BCUT2D eigenvalue weighted by Crippen LogP contribution is -2.34. The highest BCUT2D eigenvalue weighted by atomic mass is 16.3. The molecule has 6 nitrogen and oxygen atoms in total. The molecule has 3 aromatic rings. The lowest BCUT2D eigenvalue weighted by Gasteiger charge is -2.32. The van der Waals surface area contributed by atoms with Gasteiger partial charge in [0.15, 0.2) is 0 Å². The Bertz CT molecular complexity index is 809. The van der Waals surface area contributed by atoms with Gasteiger partial charge in [0, 0.05) is 37.6 Å². The Kier molecular flexibility index (Phi) is 5.13. The summed E-state index contributed by atoms with van der Waals surface area (Å²) in [7, 11) is 0. The number of nitrogens with zero attached hydrogens (tertiary/aromatic N) is 5. The summed E-state index contributed by atoms with van der Waals surface area (Å²) < 4.78 is 3.71. The fraction of sp³-hybridized carbons (Fsp3) is 0.400. The van der Waals surface area contributed by atoms with Gasteiger partial charge in [0.25, 0.3) is 0 Å². The molecule has 0 saturated carbocycles. The second-order valence-corrected chi connectivity index (χ2v) is 6.92. The van der Waals surface area contributed by atoms with E-state index >= 15 is 0 Å². The van der Waals surface area contributed by atoms with Crippen LogP contribution >= 0.6 is 0 Å². The summed E-state index contributed by atoms with van der Waals surface area (Å²) in [5.41, 5.74) is 3.56. The molecular formula is C20H25N5O. The van der Waals surface area contributed by atoms with Crippen molar-refractivity contribution < 1.29 is 5.11 Å². The molecule has 136 valence electrons. The predicted molar refractivity (Wildman–Crippen MR) is 100 cm³/mol. The van der Waals surface area contributed by atoms with Crippen molar-refractivity contribution in [3.63, 3.8) is 0 Å². The summed E-state index contributed by atoms with van der Waals surface area (Å²) >= 11 is 0. The van der Waals surface area contributed by atoms with Gasteiger partial charge in [-0.05, 0) is 49.2 Å². The van der Waals surface area contributed by atoms with Crippen LogP contribution in [0.5, 0.6) is 0 Å². The van der Waals surface area contributed by atoms with Crippen LogP contribution < -0.4 is 0 Å². The highest BCUT2D eigenvalue weighted by Crippen LogP contribution is 2.26. The van der Waals surface area contributed by atoms with Crippen LogP contribution in [0, 0.1) is 0 Å². The van der Waals surface area contributed by atoms with Crippen molar-refractivity contribution in [2.45, 2.75) is 31.8 Å². The molecule has 1 aliphatic heterocycles. The second-order valence-electron chi connectivity index (χ2n) is 6.92. The third-order valence-corrected chi connectivity index (χ3v) is 5.03. The van der Waals surface area contributed by atoms with E-state index in [-0.39, 0.29) is 6.61 Å². The van der Waals surface area contributed by atoms with Crippen LogP contribution in [0.15, 0.2) is 55.0 Å². The highest BCUT2D eigenvalue weighted by molar-refractivity contribution is 5.33. The topological polar surface area (TPSA) is 59.1 Å². The highest BCUT2D eigenvalue weighted by Gasteiger charge is 2.23. The van der Waals surface area contributed by atoms with E-state index in [1.807, 2.05) is 27.8 Å². The lowest BCUT2D eigenvalue weighted by atomic mass is 9.94. The molecule has 0 unspecified atom stereocenters. The van der Waals surface area contributed by atoms with Gasteiger partial charge in [-0.2, -0.15) is 10.2 Å². The van der Waals surface area contributed by atoms with Crippen molar-refractivity contribution in [2.75, 3.05) is 19.7 Å². The van der Waals surface area contributed by atoms with Crippen molar-refractivity contribution in [3.8, 4) is 5.69 Å². The van der Waals surface area contributed by atoms with Crippen molar-refractivity contribution >= 4 is 0 Å². The van der Waals surface area contributed by atoms with Crippen molar-refractivity contribution in [1.29, 1.82) is 0 Å². The van der Waals surface area contributed by atoms with Gasteiger partial charge in [-0.1, -0.05) is 12.1 Å². The number of likely N-dealkylation sites (tertiary alicyclic amines) is 1. The second kappa shape index (κ2) is 7.85. The number of hydrogen-bond donors (Lipinski definition) is 1. The zero-order chi connectivity index (χ0) is 17.8. The minimum Gasteiger partial charge on any atom is -0.394 e. The molecule has 1 N–H and O–H groups in total. The molecule has 0 bridgehead atoms. The van der Waals surface area contributed by atoms with Crippen LogP contribution in [0.3, 0.4) is 0 Å². The van der Waals surface area contributed by atoms with E-state index in [4.69, 9.17) is 5.11 Å². The van der Waals surface area contributed by atoms with E-state index in [0.717, 1.165) is 31.0 Å². The summed E-state index contributed by atoms with van der Waals surface area (Å²) in [5.74, 6) is 0.479. The van der Waals surface area contributed by atoms with E-state index in [1.165, 1.54) is 18.4 Å². The Labute approximate surface area is 153 Å². The standard InChI is InChI=1S/C20H25N5O/c26-14-13-24-12-8-20(22-24)18-3-1-10-23(16-18)15-17-4-6-19(7-5-17)25-11-2-9-21-25/h2,4-9,11-12,18,26H,1,3,10,13-16H2/t18-/m1/s1. The number of aliphatic hydroxyl groups is 1. The summed E-state index contributed by atoms with van der Waals surface area (Å²) in [5, 5.41) is 17.9. The van der Waals surface area contributed by atoms with E-state index in [9.17, 15) is 0 Å². The van der Waals surface area contributed by atoms with Crippen LogP contribution in [-0.2, 0) is 13.1 Å². The monoisotopic (exact) mass is 351 g/mol. The zero-order valence-corrected chi connectivity index (χ0v) is 14.9. The molecule has 0 spiro atoms. The first-order valence-electron chi connectivity index (χ1n) is 9.27. The molecule has 2 aromatic heterocycles. The molecule has 0 aliphatic carbocycles. The van der Waals surface area contributed by atoms with Gasteiger partial charge in [-0.25, -0.2) is 4.68 Å². The first-order chi connectivity index (χ1) is 12.8. The number of piperidine rings is 1. The number of rotatable bonds is 6. The van der Waals surface area contributed by atoms with Crippen LogP contribution in [0.25, 0.3) is 5.69 Å². The van der Waals surface area contributed by atoms with E-state index in [0.29, 0.717) is 12.5 Å². The molecule has 4 rings (SSSR count). The van der Waals surface area contributed by atoms with Gasteiger partial charge in [0.1, 0.15) is 0 Å². The molecule has 1 atom stereocenters. The average molecular weight is 351 g/mol. The maximum absolute atomic E-state index is 9.05. The van der Waals surface area contributed by atoms with Gasteiger partial charge in [-0.15, -0.1) is 0 Å². The van der Waals surface area contributed by atoms with E-state index < -0.39 is 0 Å². The third kappa shape index (κ3) is 3.86. The van der Waals surface area contributed by atoms with Crippen LogP contribution in [0.1, 0.15) is 30.0 Å². The smallest absolute Gasteiger partial charge is 0.0668 e. The molecule has 1 aromatic carbocycles. The normalized spacial score (nSPS) is 18.3. The Balaban J connectivity index is 1.38. The van der Waals surface area contributed by atoms with Crippen molar-refractivity contribution in [1.82, 2.24) is 24.5 Å². The third-order valence-electron chi connectivity index (χ3n) is 5.03. The van der Waals surface area contributed by atoms with Crippen molar-refractivity contribution in [3.05, 3.63) is 66.2 Å². The quantitative estimate of drug-likeness (QED) is 0.741. The Morgan fingerprint density at radius 3 is 2.77 bits per heavy atom. The Morgan fingerprint density at radius 1 is 1.12 bits per heavy atom. The lowest BCUT2D eigenvalue weighted by molar-refractivity contribution is 0.197. The summed E-state index contributed by atoms with van der Waals surface area (Å²) in [4.78, 5) is 2.52. The number of benzene rings is 1. The van der Waals surface area contributed by atoms with E-state index in [1.54, 1.807) is 6.20 Å². The Morgan fingerprint density at radius 2 is 2.00 bits per heavy atom. The molecule has 1 fully saturated rings. The van der Waals surface area contributed by atoms with Crippen LogP contribution in [0.4, 0.5) is 0 Å².